The molecule has 0 spiro atoms. The average molecular weight is 371 g/mol. The van der Waals surface area contributed by atoms with Gasteiger partial charge >= 0.3 is 12.2 Å². The van der Waals surface area contributed by atoms with Gasteiger partial charge in [0.2, 0.25) is 0 Å². The van der Waals surface area contributed by atoms with E-state index >= 15 is 0 Å². The van der Waals surface area contributed by atoms with Crippen LogP contribution in [0.2, 0.25) is 0 Å². The Kier molecular flexibility index (Phi) is 4.47. The lowest BCUT2D eigenvalue weighted by atomic mass is 10.0. The molecule has 3 aromatic rings. The number of aromatic nitrogens is 3. The lowest BCUT2D eigenvalue weighted by molar-refractivity contribution is -0.275. The fraction of sp³-hybridized carbons (Fsp3) is 0.176. The van der Waals surface area contributed by atoms with E-state index in [0.29, 0.717) is 5.56 Å². The Bertz CT molecular complexity index is 875. The molecule has 0 aliphatic rings. The van der Waals surface area contributed by atoms with E-state index in [1.54, 1.807) is 24.3 Å². The van der Waals surface area contributed by atoms with Crippen LogP contribution in [0.4, 0.5) is 26.3 Å². The molecular weight excluding hydrogens is 360 g/mol. The molecule has 1 unspecified atom stereocenters. The third kappa shape index (κ3) is 3.16. The van der Waals surface area contributed by atoms with E-state index in [4.69, 9.17) is 0 Å². The SMILES string of the molecule is FC(C(F)(F)F)C(F)(F)n1nnc(-c2ccccc2)c1-c1ccccc1. The Morgan fingerprint density at radius 1 is 0.769 bits per heavy atom. The highest BCUT2D eigenvalue weighted by Gasteiger charge is 2.59. The first-order valence-corrected chi connectivity index (χ1v) is 7.38. The summed E-state index contributed by atoms with van der Waals surface area (Å²) in [5.41, 5.74) is 0.000715. The first-order valence-electron chi connectivity index (χ1n) is 7.38. The first kappa shape index (κ1) is 18.0. The van der Waals surface area contributed by atoms with Crippen molar-refractivity contribution >= 4 is 0 Å². The summed E-state index contributed by atoms with van der Waals surface area (Å²) < 4.78 is 79.5. The van der Waals surface area contributed by atoms with Gasteiger partial charge in [-0.2, -0.15) is 26.6 Å². The Morgan fingerprint density at radius 3 is 1.77 bits per heavy atom. The number of alkyl halides is 6. The van der Waals surface area contributed by atoms with Crippen molar-refractivity contribution in [2.75, 3.05) is 0 Å². The molecule has 0 saturated carbocycles. The quantitative estimate of drug-likeness (QED) is 0.600. The molecule has 136 valence electrons. The molecular formula is C17H11F6N3. The Morgan fingerprint density at radius 2 is 1.27 bits per heavy atom. The van der Waals surface area contributed by atoms with Gasteiger partial charge in [-0.3, -0.25) is 0 Å². The van der Waals surface area contributed by atoms with Crippen molar-refractivity contribution in [1.29, 1.82) is 0 Å². The Balaban J connectivity index is 2.23. The summed E-state index contributed by atoms with van der Waals surface area (Å²) in [5, 5.41) is 6.74. The van der Waals surface area contributed by atoms with Gasteiger partial charge in [-0.25, -0.2) is 4.39 Å². The molecule has 0 amide bonds. The van der Waals surface area contributed by atoms with Crippen LogP contribution >= 0.6 is 0 Å². The van der Waals surface area contributed by atoms with Gasteiger partial charge in [-0.15, -0.1) is 5.10 Å². The van der Waals surface area contributed by atoms with Crippen LogP contribution in [0.3, 0.4) is 0 Å². The summed E-state index contributed by atoms with van der Waals surface area (Å²) in [5.74, 6) is 0. The van der Waals surface area contributed by atoms with Crippen molar-refractivity contribution in [1.82, 2.24) is 15.0 Å². The van der Waals surface area contributed by atoms with Crippen molar-refractivity contribution in [2.24, 2.45) is 0 Å². The number of rotatable bonds is 4. The van der Waals surface area contributed by atoms with Crippen LogP contribution in [-0.4, -0.2) is 27.3 Å². The normalized spacial score (nSPS) is 13.6. The monoisotopic (exact) mass is 371 g/mol. The summed E-state index contributed by atoms with van der Waals surface area (Å²) in [6.45, 7) is 0. The van der Waals surface area contributed by atoms with Gasteiger partial charge in [0.05, 0.1) is 0 Å². The number of halogens is 6. The minimum Gasteiger partial charge on any atom is -0.228 e. The minimum absolute atomic E-state index is 0.0779. The van der Waals surface area contributed by atoms with Crippen LogP contribution in [0.1, 0.15) is 0 Å². The lowest BCUT2D eigenvalue weighted by Crippen LogP contribution is -2.44. The van der Waals surface area contributed by atoms with Crippen molar-refractivity contribution in [2.45, 2.75) is 18.4 Å². The van der Waals surface area contributed by atoms with Gasteiger partial charge in [-0.05, 0) is 0 Å². The topological polar surface area (TPSA) is 30.7 Å². The Labute approximate surface area is 143 Å². The van der Waals surface area contributed by atoms with E-state index in [1.807, 2.05) is 0 Å². The Hall–Kier alpha value is -2.84. The standard InChI is InChI=1S/C17H11F6N3/c18-15(16(19,20)21)17(22,23)26-14(12-9-5-2-6-10-12)13(24-25-26)11-7-3-1-4-8-11/h1-10,15H. The maximum Gasteiger partial charge on any atom is 0.427 e. The summed E-state index contributed by atoms with van der Waals surface area (Å²) in [7, 11) is 0. The zero-order chi connectivity index (χ0) is 18.9. The minimum atomic E-state index is -5.75. The number of hydrogen-bond donors (Lipinski definition) is 0. The molecule has 1 heterocycles. The van der Waals surface area contributed by atoms with E-state index < -0.39 is 24.1 Å². The van der Waals surface area contributed by atoms with Crippen LogP contribution in [-0.2, 0) is 6.05 Å². The second-order valence-electron chi connectivity index (χ2n) is 5.42. The summed E-state index contributed by atoms with van der Waals surface area (Å²) in [6, 6.07) is 10.4. The highest BCUT2D eigenvalue weighted by Crippen LogP contribution is 2.42. The molecule has 0 aliphatic carbocycles. The third-order valence-corrected chi connectivity index (χ3v) is 3.64. The molecule has 0 saturated heterocycles. The van der Waals surface area contributed by atoms with Gasteiger partial charge in [0, 0.05) is 11.1 Å². The van der Waals surface area contributed by atoms with Crippen molar-refractivity contribution in [3.8, 4) is 22.5 Å². The van der Waals surface area contributed by atoms with Crippen LogP contribution in [0, 0.1) is 0 Å². The van der Waals surface area contributed by atoms with Crippen LogP contribution in [0.25, 0.3) is 22.5 Å². The highest BCUT2D eigenvalue weighted by molar-refractivity contribution is 5.78. The van der Waals surface area contributed by atoms with Crippen molar-refractivity contribution in [3.05, 3.63) is 60.7 Å². The summed E-state index contributed by atoms with van der Waals surface area (Å²) in [4.78, 5) is 0. The molecule has 9 heteroatoms. The van der Waals surface area contributed by atoms with Crippen LogP contribution in [0.5, 0.6) is 0 Å². The van der Waals surface area contributed by atoms with Crippen LogP contribution in [0.15, 0.2) is 60.7 Å². The maximum atomic E-state index is 14.3. The second kappa shape index (κ2) is 6.47. The second-order valence-corrected chi connectivity index (χ2v) is 5.42. The molecule has 3 nitrogen and oxygen atoms in total. The fourth-order valence-corrected chi connectivity index (χ4v) is 2.44. The molecule has 1 aromatic heterocycles. The zero-order valence-corrected chi connectivity index (χ0v) is 13.0. The predicted octanol–water partition coefficient (Wildman–Crippen LogP) is 5.06. The first-order chi connectivity index (χ1) is 12.2. The zero-order valence-electron chi connectivity index (χ0n) is 13.0. The average Bonchev–Trinajstić information content (AvgIpc) is 3.07. The maximum absolute atomic E-state index is 14.3. The largest absolute Gasteiger partial charge is 0.427 e. The number of hydrogen-bond acceptors (Lipinski definition) is 2. The molecule has 0 bridgehead atoms. The summed E-state index contributed by atoms with van der Waals surface area (Å²) >= 11 is 0. The molecule has 26 heavy (non-hydrogen) atoms. The van der Waals surface area contributed by atoms with Gasteiger partial charge in [-0.1, -0.05) is 65.9 Å². The van der Waals surface area contributed by atoms with E-state index in [9.17, 15) is 26.3 Å². The molecule has 1 atom stereocenters. The van der Waals surface area contributed by atoms with Gasteiger partial charge < -0.3 is 0 Å². The van der Waals surface area contributed by atoms with Gasteiger partial charge in [0.25, 0.3) is 6.17 Å². The molecule has 0 radical (unpaired) electrons. The smallest absolute Gasteiger partial charge is 0.228 e. The van der Waals surface area contributed by atoms with Crippen LogP contribution < -0.4 is 0 Å². The number of benzene rings is 2. The highest BCUT2D eigenvalue weighted by atomic mass is 19.4. The molecule has 0 aliphatic heterocycles. The third-order valence-electron chi connectivity index (χ3n) is 3.64. The van der Waals surface area contributed by atoms with E-state index in [-0.39, 0.29) is 15.9 Å². The number of nitrogens with zero attached hydrogens (tertiary/aromatic N) is 3. The van der Waals surface area contributed by atoms with E-state index in [1.165, 1.54) is 36.4 Å². The lowest BCUT2D eigenvalue weighted by Gasteiger charge is -2.24. The van der Waals surface area contributed by atoms with Crippen molar-refractivity contribution < 1.29 is 26.3 Å². The fourth-order valence-electron chi connectivity index (χ4n) is 2.44. The molecule has 2 aromatic carbocycles. The van der Waals surface area contributed by atoms with E-state index in [2.05, 4.69) is 10.3 Å². The van der Waals surface area contributed by atoms with Gasteiger partial charge in [0.15, 0.2) is 0 Å². The molecule has 0 fully saturated rings. The predicted molar refractivity (Wildman–Crippen MR) is 82.0 cm³/mol. The molecule has 0 N–H and O–H groups in total. The summed E-state index contributed by atoms with van der Waals surface area (Å²) in [6.07, 6.45) is -10.2. The van der Waals surface area contributed by atoms with E-state index in [0.717, 1.165) is 0 Å². The van der Waals surface area contributed by atoms with Gasteiger partial charge in [0.1, 0.15) is 11.4 Å². The van der Waals surface area contributed by atoms with Crippen molar-refractivity contribution in [3.63, 3.8) is 0 Å². The molecule has 3 rings (SSSR count).